The predicted octanol–water partition coefficient (Wildman–Crippen LogP) is 4.18. The zero-order valence-corrected chi connectivity index (χ0v) is 14.9. The maximum Gasteiger partial charge on any atom is 0.284 e. The van der Waals surface area contributed by atoms with Crippen molar-refractivity contribution in [2.24, 2.45) is 0 Å². The molecule has 7 nitrogen and oxygen atoms in total. The van der Waals surface area contributed by atoms with E-state index >= 15 is 0 Å². The molecule has 0 saturated carbocycles. The van der Waals surface area contributed by atoms with Crippen molar-refractivity contribution in [3.8, 4) is 22.9 Å². The minimum Gasteiger partial charge on any atom is -0.459 e. The fourth-order valence-electron chi connectivity index (χ4n) is 2.12. The second-order valence-electron chi connectivity index (χ2n) is 5.09. The number of nitrogens with zero attached hydrogens (tertiary/aromatic N) is 3. The van der Waals surface area contributed by atoms with Gasteiger partial charge in [0.15, 0.2) is 10.9 Å². The monoisotopic (exact) mass is 384 g/mol. The van der Waals surface area contributed by atoms with Gasteiger partial charge in [-0.3, -0.25) is 4.79 Å². The van der Waals surface area contributed by atoms with E-state index in [1.54, 1.807) is 12.1 Å². The largest absolute Gasteiger partial charge is 0.459 e. The molecule has 0 aliphatic heterocycles. The van der Waals surface area contributed by atoms with E-state index in [9.17, 15) is 4.79 Å². The van der Waals surface area contributed by atoms with E-state index in [-0.39, 0.29) is 17.6 Å². The quantitative estimate of drug-likeness (QED) is 0.498. The molecular weight excluding hydrogens is 372 g/mol. The number of anilines is 1. The number of carbonyl (C=O) groups excluding carboxylic acids is 1. The first-order chi connectivity index (χ1) is 12.8. The van der Waals surface area contributed by atoms with Gasteiger partial charge >= 0.3 is 0 Å². The van der Waals surface area contributed by atoms with Gasteiger partial charge in [-0.05, 0) is 12.1 Å². The lowest BCUT2D eigenvalue weighted by atomic mass is 10.2. The van der Waals surface area contributed by atoms with Crippen LogP contribution in [0.3, 0.4) is 0 Å². The Bertz CT molecular complexity index is 996. The number of carbonyl (C=O) groups is 1. The number of rotatable bonds is 6. The van der Waals surface area contributed by atoms with Crippen molar-refractivity contribution in [1.29, 1.82) is 0 Å². The van der Waals surface area contributed by atoms with E-state index in [1.807, 2.05) is 35.7 Å². The number of thioether (sulfide) groups is 1. The average Bonchev–Trinajstić information content (AvgIpc) is 3.41. The Morgan fingerprint density at radius 1 is 1.15 bits per heavy atom. The summed E-state index contributed by atoms with van der Waals surface area (Å²) in [7, 11) is 0. The van der Waals surface area contributed by atoms with Crippen LogP contribution in [0.2, 0.25) is 0 Å². The molecule has 0 fully saturated rings. The number of hydrogen-bond donors (Lipinski definition) is 1. The van der Waals surface area contributed by atoms with E-state index in [0.717, 1.165) is 23.0 Å². The Morgan fingerprint density at radius 3 is 2.85 bits per heavy atom. The van der Waals surface area contributed by atoms with Crippen LogP contribution in [0, 0.1) is 0 Å². The van der Waals surface area contributed by atoms with Crippen molar-refractivity contribution in [1.82, 2.24) is 15.2 Å². The van der Waals surface area contributed by atoms with Crippen LogP contribution >= 0.6 is 23.1 Å². The summed E-state index contributed by atoms with van der Waals surface area (Å²) < 4.78 is 10.6. The molecule has 3 aromatic heterocycles. The average molecular weight is 384 g/mol. The first-order valence-electron chi connectivity index (χ1n) is 7.59. The molecule has 1 N–H and O–H groups in total. The van der Waals surface area contributed by atoms with Crippen LogP contribution in [-0.4, -0.2) is 26.8 Å². The minimum atomic E-state index is -0.193. The maximum absolute atomic E-state index is 12.1. The topological polar surface area (TPSA) is 94.0 Å². The predicted molar refractivity (Wildman–Crippen MR) is 98.9 cm³/mol. The second-order valence-corrected chi connectivity index (χ2v) is 6.88. The van der Waals surface area contributed by atoms with Gasteiger partial charge in [-0.2, -0.15) is 0 Å². The number of furan rings is 1. The van der Waals surface area contributed by atoms with Crippen molar-refractivity contribution >= 4 is 34.1 Å². The summed E-state index contributed by atoms with van der Waals surface area (Å²) in [6.45, 7) is 0. The van der Waals surface area contributed by atoms with E-state index in [2.05, 4.69) is 20.5 Å². The van der Waals surface area contributed by atoms with Crippen molar-refractivity contribution < 1.29 is 13.6 Å². The van der Waals surface area contributed by atoms with Gasteiger partial charge in [-0.15, -0.1) is 21.5 Å². The molecule has 0 radical (unpaired) electrons. The molecule has 26 heavy (non-hydrogen) atoms. The maximum atomic E-state index is 12.1. The van der Waals surface area contributed by atoms with E-state index < -0.39 is 0 Å². The van der Waals surface area contributed by atoms with E-state index in [1.165, 1.54) is 17.6 Å². The standard InChI is InChI=1S/C17H12N4O3S2/c22-14(10-26-17-21-20-15(24-17)13-7-4-8-23-13)19-16-18-12(9-25-16)11-5-2-1-3-6-11/h1-9H,10H2,(H,18,19,22). The van der Waals surface area contributed by atoms with Gasteiger partial charge in [0.1, 0.15) is 0 Å². The highest BCUT2D eigenvalue weighted by Crippen LogP contribution is 2.26. The molecule has 4 aromatic rings. The minimum absolute atomic E-state index is 0.139. The summed E-state index contributed by atoms with van der Waals surface area (Å²) in [5.74, 6) is 0.720. The summed E-state index contributed by atoms with van der Waals surface area (Å²) in [6.07, 6.45) is 1.53. The number of benzene rings is 1. The molecule has 1 amide bonds. The molecular formula is C17H12N4O3S2. The number of nitrogens with one attached hydrogen (secondary N) is 1. The highest BCUT2D eigenvalue weighted by molar-refractivity contribution is 7.99. The molecule has 0 bridgehead atoms. The van der Waals surface area contributed by atoms with Crippen molar-refractivity contribution in [2.75, 3.05) is 11.1 Å². The fraction of sp³-hybridized carbons (Fsp3) is 0.0588. The smallest absolute Gasteiger partial charge is 0.284 e. The van der Waals surface area contributed by atoms with Gasteiger partial charge in [-0.25, -0.2) is 4.98 Å². The third-order valence-corrected chi connectivity index (χ3v) is 4.86. The SMILES string of the molecule is O=C(CSc1nnc(-c2ccco2)o1)Nc1nc(-c2ccccc2)cs1. The van der Waals surface area contributed by atoms with Gasteiger partial charge in [0.25, 0.3) is 11.1 Å². The lowest BCUT2D eigenvalue weighted by Crippen LogP contribution is -2.13. The fourth-order valence-corrected chi connectivity index (χ4v) is 3.42. The molecule has 3 heterocycles. The Balaban J connectivity index is 1.33. The third kappa shape index (κ3) is 3.84. The van der Waals surface area contributed by atoms with Gasteiger partial charge in [0, 0.05) is 10.9 Å². The van der Waals surface area contributed by atoms with Gasteiger partial charge in [0.2, 0.25) is 5.91 Å². The van der Waals surface area contributed by atoms with Gasteiger partial charge in [0.05, 0.1) is 17.7 Å². The first kappa shape index (κ1) is 16.6. The molecule has 0 spiro atoms. The van der Waals surface area contributed by atoms with Crippen LogP contribution in [0.5, 0.6) is 0 Å². The molecule has 0 aliphatic carbocycles. The number of amides is 1. The summed E-state index contributed by atoms with van der Waals surface area (Å²) in [6, 6.07) is 13.3. The van der Waals surface area contributed by atoms with Crippen LogP contribution < -0.4 is 5.32 Å². The van der Waals surface area contributed by atoms with Crippen LogP contribution in [-0.2, 0) is 4.79 Å². The number of aromatic nitrogens is 3. The zero-order valence-electron chi connectivity index (χ0n) is 13.3. The molecule has 0 saturated heterocycles. The highest BCUT2D eigenvalue weighted by atomic mass is 32.2. The van der Waals surface area contributed by atoms with E-state index in [4.69, 9.17) is 8.83 Å². The van der Waals surface area contributed by atoms with Gasteiger partial charge in [-0.1, -0.05) is 42.1 Å². The van der Waals surface area contributed by atoms with Crippen LogP contribution in [0.1, 0.15) is 0 Å². The second kappa shape index (κ2) is 7.54. The van der Waals surface area contributed by atoms with Crippen LogP contribution in [0.25, 0.3) is 22.9 Å². The molecule has 0 unspecified atom stereocenters. The van der Waals surface area contributed by atoms with Crippen molar-refractivity contribution in [2.45, 2.75) is 5.22 Å². The van der Waals surface area contributed by atoms with Crippen molar-refractivity contribution in [3.63, 3.8) is 0 Å². The third-order valence-electron chi connectivity index (χ3n) is 3.29. The Morgan fingerprint density at radius 2 is 2.04 bits per heavy atom. The molecule has 0 aliphatic rings. The van der Waals surface area contributed by atoms with E-state index in [0.29, 0.717) is 16.1 Å². The van der Waals surface area contributed by atoms with Crippen LogP contribution in [0.15, 0.2) is 68.2 Å². The molecule has 0 atom stereocenters. The summed E-state index contributed by atoms with van der Waals surface area (Å²) >= 11 is 2.53. The summed E-state index contributed by atoms with van der Waals surface area (Å²) in [5.41, 5.74) is 1.84. The summed E-state index contributed by atoms with van der Waals surface area (Å²) in [5, 5.41) is 13.3. The lowest BCUT2D eigenvalue weighted by molar-refractivity contribution is -0.113. The molecule has 4 rings (SSSR count). The number of thiazole rings is 1. The highest BCUT2D eigenvalue weighted by Gasteiger charge is 2.14. The number of hydrogen-bond acceptors (Lipinski definition) is 8. The molecule has 9 heteroatoms. The van der Waals surface area contributed by atoms with Crippen LogP contribution in [0.4, 0.5) is 5.13 Å². The summed E-state index contributed by atoms with van der Waals surface area (Å²) in [4.78, 5) is 16.5. The first-order valence-corrected chi connectivity index (χ1v) is 9.45. The Kier molecular flexibility index (Phi) is 4.80. The lowest BCUT2D eigenvalue weighted by Gasteiger charge is -1.99. The van der Waals surface area contributed by atoms with Crippen molar-refractivity contribution in [3.05, 3.63) is 54.1 Å². The Labute approximate surface area is 156 Å². The molecule has 1 aromatic carbocycles. The zero-order chi connectivity index (χ0) is 17.8. The normalized spacial score (nSPS) is 10.8. The molecule has 130 valence electrons. The van der Waals surface area contributed by atoms with Gasteiger partial charge < -0.3 is 14.2 Å². The Hall–Kier alpha value is -2.91.